The zero-order valence-corrected chi connectivity index (χ0v) is 9.69. The van der Waals surface area contributed by atoms with Gasteiger partial charge in [0.05, 0.1) is 0 Å². The molecule has 0 radical (unpaired) electrons. The fraction of sp³-hybridized carbons (Fsp3) is 1.00. The van der Waals surface area contributed by atoms with Crippen molar-refractivity contribution in [1.29, 1.82) is 0 Å². The Bertz CT molecular complexity index is 146. The largest absolute Gasteiger partial charge is 0.314 e. The summed E-state index contributed by atoms with van der Waals surface area (Å²) in [7, 11) is 0. The Labute approximate surface area is 83.3 Å². The smallest absolute Gasteiger partial charge is 0.00928 e. The fourth-order valence-electron chi connectivity index (χ4n) is 2.09. The Morgan fingerprint density at radius 2 is 2.00 bits per heavy atom. The molecular weight excluding hydrogens is 158 g/mol. The summed E-state index contributed by atoms with van der Waals surface area (Å²) in [4.78, 5) is 0. The molecule has 13 heavy (non-hydrogen) atoms. The molecule has 1 nitrogen and oxygen atoms in total. The summed E-state index contributed by atoms with van der Waals surface area (Å²) < 4.78 is 0. The van der Waals surface area contributed by atoms with Gasteiger partial charge in [-0.15, -0.1) is 0 Å². The minimum Gasteiger partial charge on any atom is -0.314 e. The Balaban J connectivity index is 2.27. The van der Waals surface area contributed by atoms with Gasteiger partial charge in [-0.25, -0.2) is 0 Å². The van der Waals surface area contributed by atoms with E-state index in [1.807, 2.05) is 0 Å². The van der Waals surface area contributed by atoms with Crippen molar-refractivity contribution in [3.05, 3.63) is 0 Å². The molecule has 1 heteroatoms. The van der Waals surface area contributed by atoms with Crippen LogP contribution in [0.25, 0.3) is 0 Å². The second kappa shape index (κ2) is 4.45. The number of hydrogen-bond donors (Lipinski definition) is 1. The zero-order valence-electron chi connectivity index (χ0n) is 9.69. The molecule has 0 aromatic heterocycles. The van der Waals surface area contributed by atoms with Crippen molar-refractivity contribution in [2.24, 2.45) is 11.3 Å². The fourth-order valence-corrected chi connectivity index (χ4v) is 2.09. The molecule has 1 heterocycles. The molecule has 0 saturated carbocycles. The van der Waals surface area contributed by atoms with Crippen LogP contribution in [0.1, 0.15) is 53.4 Å². The molecule has 78 valence electrons. The van der Waals surface area contributed by atoms with E-state index in [4.69, 9.17) is 0 Å². The molecule has 1 N–H and O–H groups in total. The minimum atomic E-state index is 0.499. The molecular formula is C12H25N. The first-order valence-corrected chi connectivity index (χ1v) is 5.72. The van der Waals surface area contributed by atoms with E-state index in [0.717, 1.165) is 12.0 Å². The van der Waals surface area contributed by atoms with Gasteiger partial charge in [0, 0.05) is 6.04 Å². The number of rotatable bonds is 2. The van der Waals surface area contributed by atoms with Gasteiger partial charge < -0.3 is 5.32 Å². The van der Waals surface area contributed by atoms with Crippen molar-refractivity contribution in [2.75, 3.05) is 6.54 Å². The van der Waals surface area contributed by atoms with Crippen molar-refractivity contribution in [3.8, 4) is 0 Å². The number of piperidine rings is 1. The average Bonchev–Trinajstić information content (AvgIpc) is 2.01. The first kappa shape index (κ1) is 11.0. The Kier molecular flexibility index (Phi) is 3.78. The first-order valence-electron chi connectivity index (χ1n) is 5.72. The van der Waals surface area contributed by atoms with Crippen LogP contribution in [-0.2, 0) is 0 Å². The van der Waals surface area contributed by atoms with Gasteiger partial charge in [0.15, 0.2) is 0 Å². The van der Waals surface area contributed by atoms with Gasteiger partial charge in [-0.2, -0.15) is 0 Å². The number of nitrogens with one attached hydrogen (secondary N) is 1. The second-order valence-corrected chi connectivity index (χ2v) is 5.78. The van der Waals surface area contributed by atoms with E-state index in [0.29, 0.717) is 5.41 Å². The van der Waals surface area contributed by atoms with Gasteiger partial charge in [-0.3, -0.25) is 0 Å². The summed E-state index contributed by atoms with van der Waals surface area (Å²) in [6, 6.07) is 0.785. The molecule has 1 fully saturated rings. The van der Waals surface area contributed by atoms with Crippen LogP contribution < -0.4 is 5.32 Å². The molecule has 0 aromatic carbocycles. The summed E-state index contributed by atoms with van der Waals surface area (Å²) in [5, 5.41) is 3.64. The highest BCUT2D eigenvalue weighted by Crippen LogP contribution is 2.26. The van der Waals surface area contributed by atoms with Crippen LogP contribution in [0.2, 0.25) is 0 Å². The molecule has 2 atom stereocenters. The van der Waals surface area contributed by atoms with E-state index in [2.05, 4.69) is 33.0 Å². The number of hydrogen-bond acceptors (Lipinski definition) is 1. The predicted octanol–water partition coefficient (Wildman–Crippen LogP) is 3.20. The monoisotopic (exact) mass is 183 g/mol. The molecule has 0 spiro atoms. The maximum absolute atomic E-state index is 3.64. The van der Waals surface area contributed by atoms with E-state index in [-0.39, 0.29) is 0 Å². The van der Waals surface area contributed by atoms with E-state index in [9.17, 15) is 0 Å². The van der Waals surface area contributed by atoms with Crippen molar-refractivity contribution in [1.82, 2.24) is 5.32 Å². The van der Waals surface area contributed by atoms with Crippen molar-refractivity contribution >= 4 is 0 Å². The molecule has 1 rings (SSSR count). The Morgan fingerprint density at radius 1 is 1.31 bits per heavy atom. The SMILES string of the molecule is CC1CCCNC1CCC(C)(C)C. The second-order valence-electron chi connectivity index (χ2n) is 5.78. The van der Waals surface area contributed by atoms with E-state index in [1.54, 1.807) is 0 Å². The van der Waals surface area contributed by atoms with E-state index in [1.165, 1.54) is 32.2 Å². The highest BCUT2D eigenvalue weighted by Gasteiger charge is 2.22. The van der Waals surface area contributed by atoms with Gasteiger partial charge in [0.25, 0.3) is 0 Å². The van der Waals surface area contributed by atoms with Crippen molar-refractivity contribution < 1.29 is 0 Å². The lowest BCUT2D eigenvalue weighted by Gasteiger charge is -2.32. The summed E-state index contributed by atoms with van der Waals surface area (Å²) >= 11 is 0. The molecule has 0 bridgehead atoms. The van der Waals surface area contributed by atoms with Crippen LogP contribution in [0, 0.1) is 11.3 Å². The van der Waals surface area contributed by atoms with Gasteiger partial charge in [0.2, 0.25) is 0 Å². The van der Waals surface area contributed by atoms with Gasteiger partial charge in [-0.05, 0) is 43.6 Å². The highest BCUT2D eigenvalue weighted by molar-refractivity contribution is 4.79. The molecule has 1 aliphatic rings. The molecule has 0 aliphatic carbocycles. The van der Waals surface area contributed by atoms with E-state index < -0.39 is 0 Å². The average molecular weight is 183 g/mol. The lowest BCUT2D eigenvalue weighted by Crippen LogP contribution is -2.40. The molecule has 0 amide bonds. The van der Waals surface area contributed by atoms with Crippen LogP contribution in [0.5, 0.6) is 0 Å². The van der Waals surface area contributed by atoms with Gasteiger partial charge >= 0.3 is 0 Å². The predicted molar refractivity (Wildman–Crippen MR) is 58.9 cm³/mol. The quantitative estimate of drug-likeness (QED) is 0.693. The standard InChI is InChI=1S/C12H25N/c1-10-6-5-9-13-11(10)7-8-12(2,3)4/h10-11,13H,5-9H2,1-4H3. The first-order chi connectivity index (χ1) is 5.99. The summed E-state index contributed by atoms with van der Waals surface area (Å²) in [5.74, 6) is 0.885. The zero-order chi connectivity index (χ0) is 9.90. The third-order valence-corrected chi connectivity index (χ3v) is 3.13. The molecule has 1 saturated heterocycles. The minimum absolute atomic E-state index is 0.499. The summed E-state index contributed by atoms with van der Waals surface area (Å²) in [5.41, 5.74) is 0.499. The maximum atomic E-state index is 3.64. The third-order valence-electron chi connectivity index (χ3n) is 3.13. The highest BCUT2D eigenvalue weighted by atomic mass is 14.9. The Hall–Kier alpha value is -0.0400. The van der Waals surface area contributed by atoms with Crippen LogP contribution in [-0.4, -0.2) is 12.6 Å². The Morgan fingerprint density at radius 3 is 2.54 bits per heavy atom. The third kappa shape index (κ3) is 4.12. The van der Waals surface area contributed by atoms with Crippen molar-refractivity contribution in [3.63, 3.8) is 0 Å². The van der Waals surface area contributed by atoms with Crippen LogP contribution in [0.15, 0.2) is 0 Å². The molecule has 2 unspecified atom stereocenters. The topological polar surface area (TPSA) is 12.0 Å². The van der Waals surface area contributed by atoms with Crippen LogP contribution >= 0.6 is 0 Å². The van der Waals surface area contributed by atoms with Gasteiger partial charge in [0.1, 0.15) is 0 Å². The molecule has 1 aliphatic heterocycles. The lowest BCUT2D eigenvalue weighted by atomic mass is 9.83. The van der Waals surface area contributed by atoms with Gasteiger partial charge in [-0.1, -0.05) is 27.7 Å². The summed E-state index contributed by atoms with van der Waals surface area (Å²) in [6.45, 7) is 10.6. The van der Waals surface area contributed by atoms with Crippen molar-refractivity contribution in [2.45, 2.75) is 59.4 Å². The lowest BCUT2D eigenvalue weighted by molar-refractivity contribution is 0.248. The van der Waals surface area contributed by atoms with E-state index >= 15 is 0 Å². The van der Waals surface area contributed by atoms with Crippen LogP contribution in [0.3, 0.4) is 0 Å². The normalized spacial score (nSPS) is 30.5. The molecule has 0 aromatic rings. The maximum Gasteiger partial charge on any atom is 0.00928 e. The summed E-state index contributed by atoms with van der Waals surface area (Å²) in [6.07, 6.45) is 5.48. The van der Waals surface area contributed by atoms with Crippen LogP contribution in [0.4, 0.5) is 0 Å².